The van der Waals surface area contributed by atoms with Crippen LogP contribution < -0.4 is 10.1 Å². The van der Waals surface area contributed by atoms with Crippen LogP contribution in [0.1, 0.15) is 10.4 Å². The molecule has 0 radical (unpaired) electrons. The molecule has 23 heavy (non-hydrogen) atoms. The average molecular weight is 321 g/mol. The predicted octanol–water partition coefficient (Wildman–Crippen LogP) is 2.77. The van der Waals surface area contributed by atoms with Gasteiger partial charge in [-0.3, -0.25) is 4.79 Å². The van der Waals surface area contributed by atoms with Crippen LogP contribution in [0, 0.1) is 11.6 Å². The van der Waals surface area contributed by atoms with E-state index >= 15 is 0 Å². The number of methoxy groups -OCH3 is 1. The van der Waals surface area contributed by atoms with Gasteiger partial charge in [0.1, 0.15) is 5.75 Å². The first-order chi connectivity index (χ1) is 11.0. The molecule has 0 aliphatic carbocycles. The van der Waals surface area contributed by atoms with E-state index in [-0.39, 0.29) is 11.3 Å². The molecular weight excluding hydrogens is 308 g/mol. The smallest absolute Gasteiger partial charge is 0.337 e. The molecule has 0 unspecified atom stereocenters. The number of halogens is 2. The third kappa shape index (κ3) is 4.50. The van der Waals surface area contributed by atoms with Crippen LogP contribution in [0.25, 0.3) is 0 Å². The number of esters is 1. The van der Waals surface area contributed by atoms with Crippen LogP contribution in [0.3, 0.4) is 0 Å². The van der Waals surface area contributed by atoms with E-state index in [2.05, 4.69) is 10.1 Å². The Kier molecular flexibility index (Phi) is 5.24. The minimum Gasteiger partial charge on any atom is -0.484 e. The van der Waals surface area contributed by atoms with Crippen molar-refractivity contribution in [3.05, 3.63) is 59.7 Å². The lowest BCUT2D eigenvalue weighted by molar-refractivity contribution is -0.118. The van der Waals surface area contributed by atoms with E-state index in [0.29, 0.717) is 5.69 Å². The third-order valence-electron chi connectivity index (χ3n) is 2.83. The fourth-order valence-electron chi connectivity index (χ4n) is 1.75. The van der Waals surface area contributed by atoms with Crippen molar-refractivity contribution in [2.45, 2.75) is 0 Å². The van der Waals surface area contributed by atoms with Gasteiger partial charge in [-0.1, -0.05) is 6.07 Å². The highest BCUT2D eigenvalue weighted by molar-refractivity contribution is 5.95. The Morgan fingerprint density at radius 1 is 1.09 bits per heavy atom. The van der Waals surface area contributed by atoms with E-state index in [1.165, 1.54) is 19.2 Å². The summed E-state index contributed by atoms with van der Waals surface area (Å²) in [6, 6.07) is 9.12. The second kappa shape index (κ2) is 7.35. The lowest BCUT2D eigenvalue weighted by Crippen LogP contribution is -2.20. The molecule has 0 bridgehead atoms. The summed E-state index contributed by atoms with van der Waals surface area (Å²) in [5.74, 6) is -3.08. The number of rotatable bonds is 5. The number of ether oxygens (including phenoxy) is 2. The van der Waals surface area contributed by atoms with E-state index in [1.54, 1.807) is 18.2 Å². The molecule has 0 aliphatic heterocycles. The Morgan fingerprint density at radius 3 is 2.57 bits per heavy atom. The summed E-state index contributed by atoms with van der Waals surface area (Å²) in [6.07, 6.45) is 0. The molecule has 0 saturated heterocycles. The van der Waals surface area contributed by atoms with E-state index < -0.39 is 30.1 Å². The lowest BCUT2D eigenvalue weighted by atomic mass is 10.2. The normalized spacial score (nSPS) is 10.0. The van der Waals surface area contributed by atoms with E-state index in [1.807, 2.05) is 0 Å². The molecule has 120 valence electrons. The van der Waals surface area contributed by atoms with Gasteiger partial charge in [-0.15, -0.1) is 0 Å². The van der Waals surface area contributed by atoms with Crippen LogP contribution in [0.4, 0.5) is 14.5 Å². The molecule has 1 N–H and O–H groups in total. The average Bonchev–Trinajstić information content (AvgIpc) is 2.55. The van der Waals surface area contributed by atoms with Gasteiger partial charge in [0.2, 0.25) is 0 Å². The Morgan fingerprint density at radius 2 is 1.87 bits per heavy atom. The summed E-state index contributed by atoms with van der Waals surface area (Å²) >= 11 is 0. The number of carbonyl (C=O) groups is 2. The Bertz CT molecular complexity index is 734. The highest BCUT2D eigenvalue weighted by Crippen LogP contribution is 2.16. The second-order valence-electron chi connectivity index (χ2n) is 4.49. The molecule has 0 aliphatic rings. The minimum absolute atomic E-state index is 0.0300. The molecule has 2 aromatic carbocycles. The van der Waals surface area contributed by atoms with Crippen molar-refractivity contribution < 1.29 is 27.8 Å². The minimum atomic E-state index is -1.06. The van der Waals surface area contributed by atoms with Crippen LogP contribution in [0.15, 0.2) is 42.5 Å². The van der Waals surface area contributed by atoms with Crippen molar-refractivity contribution in [1.82, 2.24) is 0 Å². The van der Waals surface area contributed by atoms with Crippen molar-refractivity contribution in [3.63, 3.8) is 0 Å². The van der Waals surface area contributed by atoms with Crippen LogP contribution in [0.5, 0.6) is 5.75 Å². The Balaban J connectivity index is 1.94. The predicted molar refractivity (Wildman–Crippen MR) is 78.3 cm³/mol. The Hall–Kier alpha value is -2.96. The summed E-state index contributed by atoms with van der Waals surface area (Å²) in [4.78, 5) is 23.2. The SMILES string of the molecule is COC(=O)c1cccc(NC(=O)COc2ccc(F)c(F)c2)c1. The maximum Gasteiger partial charge on any atom is 0.337 e. The van der Waals surface area contributed by atoms with Crippen molar-refractivity contribution in [2.24, 2.45) is 0 Å². The molecule has 0 spiro atoms. The molecule has 0 aromatic heterocycles. The van der Waals surface area contributed by atoms with E-state index in [4.69, 9.17) is 4.74 Å². The first-order valence-electron chi connectivity index (χ1n) is 6.55. The number of hydrogen-bond donors (Lipinski definition) is 1. The molecular formula is C16H13F2NO4. The molecule has 0 saturated carbocycles. The van der Waals surface area contributed by atoms with Crippen molar-refractivity contribution in [1.29, 1.82) is 0 Å². The van der Waals surface area contributed by atoms with Gasteiger partial charge in [-0.05, 0) is 30.3 Å². The third-order valence-corrected chi connectivity index (χ3v) is 2.83. The van der Waals surface area contributed by atoms with Crippen molar-refractivity contribution >= 4 is 17.6 Å². The fourth-order valence-corrected chi connectivity index (χ4v) is 1.75. The summed E-state index contributed by atoms with van der Waals surface area (Å²) in [5.41, 5.74) is 0.665. The number of carbonyl (C=O) groups excluding carboxylic acids is 2. The van der Waals surface area contributed by atoms with E-state index in [9.17, 15) is 18.4 Å². The molecule has 5 nitrogen and oxygen atoms in total. The van der Waals surface area contributed by atoms with Gasteiger partial charge in [0, 0.05) is 11.8 Å². The number of hydrogen-bond acceptors (Lipinski definition) is 4. The summed E-state index contributed by atoms with van der Waals surface area (Å²) in [5, 5.41) is 2.52. The molecule has 2 aromatic rings. The highest BCUT2D eigenvalue weighted by atomic mass is 19.2. The molecule has 0 atom stereocenters. The second-order valence-corrected chi connectivity index (χ2v) is 4.49. The number of amides is 1. The van der Waals surface area contributed by atoms with Crippen molar-refractivity contribution in [3.8, 4) is 5.75 Å². The standard InChI is InChI=1S/C16H13F2NO4/c1-22-16(21)10-3-2-4-11(7-10)19-15(20)9-23-12-5-6-13(17)14(18)8-12/h2-8H,9H2,1H3,(H,19,20). The largest absolute Gasteiger partial charge is 0.484 e. The van der Waals surface area contributed by atoms with Crippen molar-refractivity contribution in [2.75, 3.05) is 19.0 Å². The number of anilines is 1. The zero-order chi connectivity index (χ0) is 16.8. The van der Waals surface area contributed by atoms with Gasteiger partial charge < -0.3 is 14.8 Å². The molecule has 0 heterocycles. The van der Waals surface area contributed by atoms with Crippen LogP contribution >= 0.6 is 0 Å². The summed E-state index contributed by atoms with van der Waals surface area (Å²) < 4.78 is 35.4. The number of benzene rings is 2. The number of nitrogens with one attached hydrogen (secondary N) is 1. The Labute approximate surface area is 130 Å². The van der Waals surface area contributed by atoms with Crippen LogP contribution in [-0.2, 0) is 9.53 Å². The maximum absolute atomic E-state index is 13.0. The van der Waals surface area contributed by atoms with Gasteiger partial charge in [0.05, 0.1) is 12.7 Å². The van der Waals surface area contributed by atoms with Gasteiger partial charge in [-0.25, -0.2) is 13.6 Å². The topological polar surface area (TPSA) is 64.6 Å². The van der Waals surface area contributed by atoms with Gasteiger partial charge in [0.25, 0.3) is 5.91 Å². The lowest BCUT2D eigenvalue weighted by Gasteiger charge is -2.08. The van der Waals surface area contributed by atoms with Crippen LogP contribution in [-0.4, -0.2) is 25.6 Å². The van der Waals surface area contributed by atoms with Gasteiger partial charge in [0.15, 0.2) is 18.2 Å². The quantitative estimate of drug-likeness (QED) is 0.860. The van der Waals surface area contributed by atoms with Gasteiger partial charge in [-0.2, -0.15) is 0 Å². The van der Waals surface area contributed by atoms with Gasteiger partial charge >= 0.3 is 5.97 Å². The molecule has 1 amide bonds. The monoisotopic (exact) mass is 321 g/mol. The zero-order valence-corrected chi connectivity index (χ0v) is 12.1. The van der Waals surface area contributed by atoms with E-state index in [0.717, 1.165) is 12.1 Å². The highest BCUT2D eigenvalue weighted by Gasteiger charge is 2.09. The zero-order valence-electron chi connectivity index (χ0n) is 12.1. The maximum atomic E-state index is 13.0. The summed E-state index contributed by atoms with van der Waals surface area (Å²) in [7, 11) is 1.25. The molecule has 0 fully saturated rings. The first-order valence-corrected chi connectivity index (χ1v) is 6.55. The molecule has 2 rings (SSSR count). The van der Waals surface area contributed by atoms with Crippen LogP contribution in [0.2, 0.25) is 0 Å². The fraction of sp³-hybridized carbons (Fsp3) is 0.125. The first kappa shape index (κ1) is 16.4. The molecule has 7 heteroatoms. The summed E-state index contributed by atoms with van der Waals surface area (Å²) in [6.45, 7) is -0.395.